The number of benzene rings is 1. The molecule has 0 unspecified atom stereocenters. The molecule has 0 bridgehead atoms. The minimum atomic E-state index is -3.43. The molecule has 0 saturated heterocycles. The number of nitrogens with one attached hydrogen (secondary N) is 1. The zero-order chi connectivity index (χ0) is 12.9. The van der Waals surface area contributed by atoms with Gasteiger partial charge in [-0.3, -0.25) is 0 Å². The second-order valence-electron chi connectivity index (χ2n) is 3.32. The Labute approximate surface area is 123 Å². The first-order valence-corrected chi connectivity index (χ1v) is 9.37. The molecule has 0 aliphatic heterocycles. The van der Waals surface area contributed by atoms with Crippen molar-refractivity contribution in [3.63, 3.8) is 0 Å². The fraction of sp³-hybridized carbons (Fsp3) is 0.400. The van der Waals surface area contributed by atoms with Crippen LogP contribution in [0.25, 0.3) is 0 Å². The summed E-state index contributed by atoms with van der Waals surface area (Å²) in [6, 6.07) is 5.08. The van der Waals surface area contributed by atoms with Crippen molar-refractivity contribution in [1.29, 1.82) is 0 Å². The number of sulfonamides is 1. The second kappa shape index (κ2) is 7.13. The molecule has 0 fully saturated rings. The van der Waals surface area contributed by atoms with Crippen molar-refractivity contribution in [2.45, 2.75) is 11.3 Å². The van der Waals surface area contributed by atoms with Gasteiger partial charge in [-0.05, 0) is 52.6 Å². The van der Waals surface area contributed by atoms with E-state index in [2.05, 4.69) is 36.6 Å². The summed E-state index contributed by atoms with van der Waals surface area (Å²) in [5.41, 5.74) is 0. The molecule has 0 spiro atoms. The quantitative estimate of drug-likeness (QED) is 0.743. The first-order valence-electron chi connectivity index (χ1n) is 4.91. The smallest absolute Gasteiger partial charge is 0.211 e. The number of hydrogen-bond donors (Lipinski definition) is 1. The van der Waals surface area contributed by atoms with Crippen LogP contribution in [0.2, 0.25) is 0 Å². The molecule has 17 heavy (non-hydrogen) atoms. The van der Waals surface area contributed by atoms with Crippen LogP contribution in [0.15, 0.2) is 32.0 Å². The fourth-order valence-corrected chi connectivity index (χ4v) is 4.19. The van der Waals surface area contributed by atoms with Crippen molar-refractivity contribution in [2.24, 2.45) is 0 Å². The van der Waals surface area contributed by atoms with Crippen LogP contribution in [-0.4, -0.2) is 27.0 Å². The highest BCUT2D eigenvalue weighted by molar-refractivity contribution is 9.11. The Balaban J connectivity index is 2.79. The average Bonchev–Trinajstić information content (AvgIpc) is 2.28. The van der Waals surface area contributed by atoms with E-state index in [1.54, 1.807) is 30.0 Å². The Bertz CT molecular complexity index is 477. The van der Waals surface area contributed by atoms with Crippen LogP contribution in [0, 0.1) is 0 Å². The molecule has 0 saturated carbocycles. The lowest BCUT2D eigenvalue weighted by atomic mass is 10.4. The van der Waals surface area contributed by atoms with Crippen molar-refractivity contribution in [1.82, 2.24) is 4.72 Å². The molecule has 7 heteroatoms. The Hall–Kier alpha value is 0.440. The van der Waals surface area contributed by atoms with E-state index in [0.717, 1.165) is 16.6 Å². The Kier molecular flexibility index (Phi) is 6.50. The number of hydrogen-bond acceptors (Lipinski definition) is 3. The van der Waals surface area contributed by atoms with E-state index in [1.807, 2.05) is 6.26 Å². The molecule has 0 atom stereocenters. The van der Waals surface area contributed by atoms with Gasteiger partial charge in [0.25, 0.3) is 0 Å². The third kappa shape index (κ3) is 4.90. The van der Waals surface area contributed by atoms with Gasteiger partial charge in [0, 0.05) is 15.5 Å². The maximum atomic E-state index is 12.0. The third-order valence-electron chi connectivity index (χ3n) is 2.00. The maximum absolute atomic E-state index is 12.0. The Morgan fingerprint density at radius 2 is 2.06 bits per heavy atom. The van der Waals surface area contributed by atoms with Crippen LogP contribution in [0.3, 0.4) is 0 Å². The molecular weight excluding hydrogens is 390 g/mol. The van der Waals surface area contributed by atoms with Crippen LogP contribution in [0.1, 0.15) is 6.42 Å². The lowest BCUT2D eigenvalue weighted by molar-refractivity contribution is 0.580. The lowest BCUT2D eigenvalue weighted by Crippen LogP contribution is -2.25. The minimum Gasteiger partial charge on any atom is -0.211 e. The predicted molar refractivity (Wildman–Crippen MR) is 80.0 cm³/mol. The van der Waals surface area contributed by atoms with Gasteiger partial charge in [-0.1, -0.05) is 15.9 Å². The summed E-state index contributed by atoms with van der Waals surface area (Å²) in [7, 11) is -3.43. The van der Waals surface area contributed by atoms with Gasteiger partial charge < -0.3 is 0 Å². The van der Waals surface area contributed by atoms with E-state index in [9.17, 15) is 8.42 Å². The van der Waals surface area contributed by atoms with Crippen molar-refractivity contribution in [2.75, 3.05) is 18.6 Å². The van der Waals surface area contributed by atoms with Gasteiger partial charge in [-0.25, -0.2) is 13.1 Å². The summed E-state index contributed by atoms with van der Waals surface area (Å²) in [4.78, 5) is 0.260. The summed E-state index contributed by atoms with van der Waals surface area (Å²) in [6.07, 6.45) is 2.82. The van der Waals surface area contributed by atoms with E-state index in [-0.39, 0.29) is 4.90 Å². The van der Waals surface area contributed by atoms with Crippen LogP contribution in [0.5, 0.6) is 0 Å². The highest BCUT2D eigenvalue weighted by Gasteiger charge is 2.17. The van der Waals surface area contributed by atoms with Gasteiger partial charge in [0.2, 0.25) is 10.0 Å². The standard InChI is InChI=1S/C10H13Br2NO2S2/c1-16-6-2-5-13-17(14,15)10-7-8(11)3-4-9(10)12/h3-4,7,13H,2,5-6H2,1H3. The highest BCUT2D eigenvalue weighted by Crippen LogP contribution is 2.25. The zero-order valence-corrected chi connectivity index (χ0v) is 14.0. The molecule has 1 N–H and O–H groups in total. The van der Waals surface area contributed by atoms with E-state index >= 15 is 0 Å². The molecule has 1 rings (SSSR count). The molecule has 96 valence electrons. The van der Waals surface area contributed by atoms with Crippen molar-refractivity contribution in [3.8, 4) is 0 Å². The molecule has 0 radical (unpaired) electrons. The minimum absolute atomic E-state index is 0.260. The van der Waals surface area contributed by atoms with Crippen LogP contribution < -0.4 is 4.72 Å². The van der Waals surface area contributed by atoms with Crippen molar-refractivity contribution < 1.29 is 8.42 Å². The van der Waals surface area contributed by atoms with Gasteiger partial charge in [0.1, 0.15) is 0 Å². The number of rotatable bonds is 6. The van der Waals surface area contributed by atoms with Crippen molar-refractivity contribution in [3.05, 3.63) is 27.1 Å². The second-order valence-corrected chi connectivity index (χ2v) is 7.81. The van der Waals surface area contributed by atoms with E-state index < -0.39 is 10.0 Å². The molecule has 1 aromatic rings. The summed E-state index contributed by atoms with van der Waals surface area (Å²) in [5, 5.41) is 0. The van der Waals surface area contributed by atoms with Gasteiger partial charge in [0.15, 0.2) is 0 Å². The Morgan fingerprint density at radius 1 is 1.35 bits per heavy atom. The maximum Gasteiger partial charge on any atom is 0.241 e. The van der Waals surface area contributed by atoms with Crippen molar-refractivity contribution >= 4 is 53.6 Å². The Morgan fingerprint density at radius 3 is 2.71 bits per heavy atom. The van der Waals surface area contributed by atoms with E-state index in [1.165, 1.54) is 0 Å². The fourth-order valence-electron chi connectivity index (χ4n) is 1.18. The first kappa shape index (κ1) is 15.5. The predicted octanol–water partition coefficient (Wildman–Crippen LogP) is 3.24. The highest BCUT2D eigenvalue weighted by atomic mass is 79.9. The van der Waals surface area contributed by atoms with Crippen LogP contribution in [-0.2, 0) is 10.0 Å². The molecule has 0 aliphatic carbocycles. The number of halogens is 2. The number of thioether (sulfide) groups is 1. The molecule has 0 aliphatic rings. The van der Waals surface area contributed by atoms with Gasteiger partial charge in [-0.15, -0.1) is 0 Å². The third-order valence-corrected chi connectivity index (χ3v) is 5.65. The van der Waals surface area contributed by atoms with Crippen LogP contribution >= 0.6 is 43.6 Å². The van der Waals surface area contributed by atoms with Gasteiger partial charge >= 0.3 is 0 Å². The van der Waals surface area contributed by atoms with Gasteiger partial charge in [0.05, 0.1) is 4.90 Å². The summed E-state index contributed by atoms with van der Waals surface area (Å²) in [5.74, 6) is 0.947. The van der Waals surface area contributed by atoms with E-state index in [0.29, 0.717) is 11.0 Å². The summed E-state index contributed by atoms with van der Waals surface area (Å²) < 4.78 is 27.9. The van der Waals surface area contributed by atoms with Crippen LogP contribution in [0.4, 0.5) is 0 Å². The monoisotopic (exact) mass is 401 g/mol. The van der Waals surface area contributed by atoms with E-state index in [4.69, 9.17) is 0 Å². The largest absolute Gasteiger partial charge is 0.241 e. The molecule has 0 heterocycles. The summed E-state index contributed by atoms with van der Waals surface area (Å²) >= 11 is 8.21. The average molecular weight is 403 g/mol. The SMILES string of the molecule is CSCCCNS(=O)(=O)c1cc(Br)ccc1Br. The topological polar surface area (TPSA) is 46.2 Å². The summed E-state index contributed by atoms with van der Waals surface area (Å²) in [6.45, 7) is 0.460. The molecule has 0 amide bonds. The molecule has 0 aromatic heterocycles. The molecule has 1 aromatic carbocycles. The zero-order valence-electron chi connectivity index (χ0n) is 9.24. The molecular formula is C10H13Br2NO2S2. The lowest BCUT2D eigenvalue weighted by Gasteiger charge is -2.08. The normalized spacial score (nSPS) is 11.7. The van der Waals surface area contributed by atoms with Gasteiger partial charge in [-0.2, -0.15) is 11.8 Å². The molecule has 3 nitrogen and oxygen atoms in total. The first-order chi connectivity index (χ1) is 7.97.